The Morgan fingerprint density at radius 2 is 2.29 bits per heavy atom. The molecule has 1 aromatic carbocycles. The van der Waals surface area contributed by atoms with Gasteiger partial charge in [-0.1, -0.05) is 36.4 Å². The van der Waals surface area contributed by atoms with E-state index < -0.39 is 0 Å². The molecule has 1 saturated heterocycles. The molecule has 1 fully saturated rings. The number of carbonyl (C=O) groups excluding carboxylic acids is 1. The van der Waals surface area contributed by atoms with Gasteiger partial charge in [0.25, 0.3) is 0 Å². The highest BCUT2D eigenvalue weighted by atomic mass is 32.2. The molecule has 0 spiro atoms. The molecular weight excluding hydrogens is 234 g/mol. The van der Waals surface area contributed by atoms with Crippen LogP contribution < -0.4 is 5.32 Å². The van der Waals surface area contributed by atoms with E-state index >= 15 is 0 Å². The van der Waals surface area contributed by atoms with Crippen molar-refractivity contribution in [2.75, 3.05) is 12.3 Å². The Morgan fingerprint density at radius 3 is 3.00 bits per heavy atom. The van der Waals surface area contributed by atoms with E-state index in [1.807, 2.05) is 36.4 Å². The number of esters is 1. The summed E-state index contributed by atoms with van der Waals surface area (Å²) in [4.78, 5) is 11.4. The summed E-state index contributed by atoms with van der Waals surface area (Å²) < 4.78 is 5.18. The van der Waals surface area contributed by atoms with Crippen molar-refractivity contribution in [3.05, 3.63) is 48.0 Å². The highest BCUT2D eigenvalue weighted by molar-refractivity contribution is 8.00. The van der Waals surface area contributed by atoms with Gasteiger partial charge in [-0.05, 0) is 12.0 Å². The molecule has 0 bridgehead atoms. The van der Waals surface area contributed by atoms with Gasteiger partial charge in [-0.3, -0.25) is 5.32 Å². The number of benzene rings is 1. The summed E-state index contributed by atoms with van der Waals surface area (Å²) in [5.41, 5.74) is 1.01. The highest BCUT2D eigenvalue weighted by Crippen LogP contribution is 2.14. The van der Waals surface area contributed by atoms with Crippen LogP contribution in [0.2, 0.25) is 0 Å². The van der Waals surface area contributed by atoms with Crippen molar-refractivity contribution < 1.29 is 9.53 Å². The summed E-state index contributed by atoms with van der Waals surface area (Å²) in [5.74, 6) is 0.707. The lowest BCUT2D eigenvalue weighted by Gasteiger charge is -2.08. The zero-order valence-corrected chi connectivity index (χ0v) is 10.3. The number of thioether (sulfide) groups is 1. The SMILES string of the molecule is O=C(C=CCc1ccccc1)OC1NCCS1. The summed E-state index contributed by atoms with van der Waals surface area (Å²) in [7, 11) is 0. The Balaban J connectivity index is 1.74. The van der Waals surface area contributed by atoms with Gasteiger partial charge in [0, 0.05) is 18.4 Å². The van der Waals surface area contributed by atoms with Crippen LogP contribution in [-0.4, -0.2) is 23.8 Å². The number of allylic oxidation sites excluding steroid dienone is 1. The predicted octanol–water partition coefficient (Wildman–Crippen LogP) is 1.95. The number of ether oxygens (including phenoxy) is 1. The van der Waals surface area contributed by atoms with Crippen LogP contribution >= 0.6 is 11.8 Å². The van der Waals surface area contributed by atoms with Crippen molar-refractivity contribution >= 4 is 17.7 Å². The Kier molecular flexibility index (Phi) is 4.64. The lowest BCUT2D eigenvalue weighted by atomic mass is 10.1. The number of hydrogen-bond donors (Lipinski definition) is 1. The Hall–Kier alpha value is -1.26. The van der Waals surface area contributed by atoms with Crippen LogP contribution in [-0.2, 0) is 16.0 Å². The molecule has 1 aromatic rings. The van der Waals surface area contributed by atoms with Gasteiger partial charge in [0.15, 0.2) is 0 Å². The molecule has 3 nitrogen and oxygen atoms in total. The van der Waals surface area contributed by atoms with Gasteiger partial charge in [-0.15, -0.1) is 11.8 Å². The smallest absolute Gasteiger partial charge is 0.332 e. The van der Waals surface area contributed by atoms with Gasteiger partial charge in [0.05, 0.1) is 0 Å². The monoisotopic (exact) mass is 249 g/mol. The molecule has 17 heavy (non-hydrogen) atoms. The molecule has 1 atom stereocenters. The van der Waals surface area contributed by atoms with Crippen LogP contribution in [0.25, 0.3) is 0 Å². The molecule has 0 aromatic heterocycles. The predicted molar refractivity (Wildman–Crippen MR) is 69.6 cm³/mol. The lowest BCUT2D eigenvalue weighted by Crippen LogP contribution is -2.24. The normalized spacial score (nSPS) is 19.6. The quantitative estimate of drug-likeness (QED) is 0.654. The lowest BCUT2D eigenvalue weighted by molar-refractivity contribution is -0.139. The fourth-order valence-corrected chi connectivity index (χ4v) is 2.38. The first-order valence-corrected chi connectivity index (χ1v) is 6.65. The average Bonchev–Trinajstić information content (AvgIpc) is 2.83. The molecule has 2 rings (SSSR count). The second-order valence-corrected chi connectivity index (χ2v) is 4.86. The van der Waals surface area contributed by atoms with Crippen LogP contribution in [0.3, 0.4) is 0 Å². The van der Waals surface area contributed by atoms with Crippen molar-refractivity contribution in [3.63, 3.8) is 0 Å². The maximum Gasteiger partial charge on any atom is 0.332 e. The molecular formula is C13H15NO2S. The second-order valence-electron chi connectivity index (χ2n) is 3.69. The van der Waals surface area contributed by atoms with E-state index in [0.717, 1.165) is 18.7 Å². The minimum Gasteiger partial charge on any atom is -0.434 e. The summed E-state index contributed by atoms with van der Waals surface area (Å²) in [6, 6.07) is 10.0. The third-order valence-electron chi connectivity index (χ3n) is 2.36. The minimum atomic E-state index is -0.284. The first kappa shape index (κ1) is 12.2. The second kappa shape index (κ2) is 6.47. The first-order valence-electron chi connectivity index (χ1n) is 5.61. The zero-order chi connectivity index (χ0) is 11.9. The number of hydrogen-bond acceptors (Lipinski definition) is 4. The topological polar surface area (TPSA) is 38.3 Å². The molecule has 1 aliphatic rings. The van der Waals surface area contributed by atoms with E-state index in [0.29, 0.717) is 0 Å². The standard InChI is InChI=1S/C13H15NO2S/c15-12(16-13-14-9-10-17-13)8-4-7-11-5-2-1-3-6-11/h1-6,8,13-14H,7,9-10H2. The molecule has 0 radical (unpaired) electrons. The molecule has 1 unspecified atom stereocenters. The molecule has 4 heteroatoms. The van der Waals surface area contributed by atoms with Crippen LogP contribution in [0, 0.1) is 0 Å². The van der Waals surface area contributed by atoms with Gasteiger partial charge in [-0.2, -0.15) is 0 Å². The number of carbonyl (C=O) groups is 1. The van der Waals surface area contributed by atoms with Crippen LogP contribution in [0.5, 0.6) is 0 Å². The molecule has 1 heterocycles. The summed E-state index contributed by atoms with van der Waals surface area (Å²) in [6.07, 6.45) is 4.08. The van der Waals surface area contributed by atoms with E-state index in [2.05, 4.69) is 5.32 Å². The maximum atomic E-state index is 11.4. The molecule has 1 aliphatic heterocycles. The fraction of sp³-hybridized carbons (Fsp3) is 0.308. The number of rotatable bonds is 4. The summed E-state index contributed by atoms with van der Waals surface area (Å²) >= 11 is 1.61. The van der Waals surface area contributed by atoms with Crippen LogP contribution in [0.4, 0.5) is 0 Å². The van der Waals surface area contributed by atoms with Gasteiger partial charge in [0.2, 0.25) is 5.56 Å². The van der Waals surface area contributed by atoms with Gasteiger partial charge >= 0.3 is 5.97 Å². The Bertz CT molecular complexity index is 386. The first-order chi connectivity index (χ1) is 8.34. The third kappa shape index (κ3) is 4.24. The van der Waals surface area contributed by atoms with Crippen molar-refractivity contribution in [2.45, 2.75) is 12.0 Å². The van der Waals surface area contributed by atoms with E-state index in [1.165, 1.54) is 11.6 Å². The highest BCUT2D eigenvalue weighted by Gasteiger charge is 2.17. The molecule has 90 valence electrons. The van der Waals surface area contributed by atoms with E-state index in [1.54, 1.807) is 11.8 Å². The van der Waals surface area contributed by atoms with Crippen LogP contribution in [0.1, 0.15) is 5.56 Å². The van der Waals surface area contributed by atoms with Gasteiger partial charge in [0.1, 0.15) is 0 Å². The van der Waals surface area contributed by atoms with Crippen LogP contribution in [0.15, 0.2) is 42.5 Å². The minimum absolute atomic E-state index is 0.177. The third-order valence-corrected chi connectivity index (χ3v) is 3.36. The van der Waals surface area contributed by atoms with E-state index in [4.69, 9.17) is 4.74 Å². The van der Waals surface area contributed by atoms with Crippen molar-refractivity contribution in [1.29, 1.82) is 0 Å². The van der Waals surface area contributed by atoms with Crippen molar-refractivity contribution in [2.24, 2.45) is 0 Å². The number of nitrogens with one attached hydrogen (secondary N) is 1. The molecule has 0 aliphatic carbocycles. The Morgan fingerprint density at radius 1 is 1.47 bits per heavy atom. The molecule has 1 N–H and O–H groups in total. The summed E-state index contributed by atoms with van der Waals surface area (Å²) in [6.45, 7) is 0.899. The average molecular weight is 249 g/mol. The van der Waals surface area contributed by atoms with Crippen molar-refractivity contribution in [3.8, 4) is 0 Å². The van der Waals surface area contributed by atoms with Gasteiger partial charge in [-0.25, -0.2) is 4.79 Å². The molecule has 0 amide bonds. The van der Waals surface area contributed by atoms with Gasteiger partial charge < -0.3 is 4.74 Å². The largest absolute Gasteiger partial charge is 0.434 e. The maximum absolute atomic E-state index is 11.4. The summed E-state index contributed by atoms with van der Waals surface area (Å²) in [5, 5.41) is 3.08. The Labute approximate surface area is 105 Å². The van der Waals surface area contributed by atoms with Crippen molar-refractivity contribution in [1.82, 2.24) is 5.32 Å². The van der Waals surface area contributed by atoms with E-state index in [9.17, 15) is 4.79 Å². The zero-order valence-electron chi connectivity index (χ0n) is 9.46. The van der Waals surface area contributed by atoms with E-state index in [-0.39, 0.29) is 11.5 Å². The molecule has 0 saturated carbocycles. The fourth-order valence-electron chi connectivity index (χ4n) is 1.53.